The number of benzene rings is 1. The molecular weight excluding hydrogens is 322 g/mol. The molecule has 0 atom stereocenters. The Labute approximate surface area is 135 Å². The number of rotatable bonds is 2. The average molecular weight is 333 g/mol. The monoisotopic (exact) mass is 333 g/mol. The molecule has 1 saturated heterocycles. The first-order valence-electron chi connectivity index (χ1n) is 6.32. The summed E-state index contributed by atoms with van der Waals surface area (Å²) in [4.78, 5) is 26.2. The minimum absolute atomic E-state index is 0.203. The third-order valence-corrected chi connectivity index (χ3v) is 4.77. The summed E-state index contributed by atoms with van der Waals surface area (Å²) in [7, 11) is 3.15. The fraction of sp³-hybridized carbons (Fsp3) is 0.133. The number of thioether (sulfide) groups is 1. The summed E-state index contributed by atoms with van der Waals surface area (Å²) in [5.41, 5.74) is 0.543. The van der Waals surface area contributed by atoms with E-state index in [9.17, 15) is 9.59 Å². The number of ether oxygens (including phenoxy) is 1. The average Bonchev–Trinajstić information content (AvgIpc) is 2.77. The minimum atomic E-state index is -0.218. The summed E-state index contributed by atoms with van der Waals surface area (Å²) in [5.74, 6) is 0.388. The van der Waals surface area contributed by atoms with Crippen LogP contribution in [0.4, 0.5) is 0 Å². The van der Waals surface area contributed by atoms with E-state index in [-0.39, 0.29) is 11.3 Å². The highest BCUT2D eigenvalue weighted by molar-refractivity contribution is 8.26. The molecule has 1 amide bonds. The Morgan fingerprint density at radius 2 is 2.14 bits per heavy atom. The van der Waals surface area contributed by atoms with Crippen LogP contribution in [0.5, 0.6) is 5.75 Å². The number of fused-ring (bicyclic) bond motifs is 1. The van der Waals surface area contributed by atoms with E-state index >= 15 is 0 Å². The molecule has 3 rings (SSSR count). The van der Waals surface area contributed by atoms with E-state index in [0.717, 1.165) is 0 Å². The third kappa shape index (κ3) is 2.42. The Balaban J connectivity index is 2.10. The molecule has 0 saturated carbocycles. The molecule has 0 aliphatic carbocycles. The molecule has 0 radical (unpaired) electrons. The second-order valence-electron chi connectivity index (χ2n) is 4.62. The molecule has 7 heteroatoms. The largest absolute Gasteiger partial charge is 0.497 e. The van der Waals surface area contributed by atoms with Crippen LogP contribution in [-0.4, -0.2) is 29.3 Å². The highest BCUT2D eigenvalue weighted by Crippen LogP contribution is 2.31. The van der Waals surface area contributed by atoms with Crippen LogP contribution in [0.1, 0.15) is 5.56 Å². The van der Waals surface area contributed by atoms with Gasteiger partial charge < -0.3 is 9.15 Å². The molecule has 1 fully saturated rings. The van der Waals surface area contributed by atoms with E-state index in [1.54, 1.807) is 32.4 Å². The van der Waals surface area contributed by atoms with Crippen molar-refractivity contribution in [3.05, 3.63) is 45.2 Å². The van der Waals surface area contributed by atoms with Gasteiger partial charge in [0.05, 0.1) is 23.0 Å². The van der Waals surface area contributed by atoms with Gasteiger partial charge in [0.1, 0.15) is 21.9 Å². The quantitative estimate of drug-likeness (QED) is 0.622. The summed E-state index contributed by atoms with van der Waals surface area (Å²) in [6.07, 6.45) is 2.85. The van der Waals surface area contributed by atoms with E-state index < -0.39 is 0 Å². The zero-order valence-corrected chi connectivity index (χ0v) is 13.4. The Morgan fingerprint density at radius 3 is 2.77 bits per heavy atom. The maximum absolute atomic E-state index is 12.5. The molecule has 5 nitrogen and oxygen atoms in total. The van der Waals surface area contributed by atoms with Crippen molar-refractivity contribution in [1.29, 1.82) is 0 Å². The number of carbonyl (C=O) groups excluding carboxylic acids is 1. The van der Waals surface area contributed by atoms with Crippen molar-refractivity contribution in [2.24, 2.45) is 0 Å². The zero-order chi connectivity index (χ0) is 15.9. The summed E-state index contributed by atoms with van der Waals surface area (Å²) >= 11 is 6.23. The van der Waals surface area contributed by atoms with Crippen molar-refractivity contribution in [3.63, 3.8) is 0 Å². The van der Waals surface area contributed by atoms with Crippen molar-refractivity contribution in [3.8, 4) is 5.75 Å². The van der Waals surface area contributed by atoms with Gasteiger partial charge in [-0.15, -0.1) is 0 Å². The van der Waals surface area contributed by atoms with Gasteiger partial charge in [-0.05, 0) is 18.2 Å². The number of thiocarbonyl (C=S) groups is 1. The van der Waals surface area contributed by atoms with Gasteiger partial charge in [0.15, 0.2) is 5.43 Å². The molecule has 1 aromatic carbocycles. The number of carbonyl (C=O) groups is 1. The topological polar surface area (TPSA) is 59.8 Å². The minimum Gasteiger partial charge on any atom is -0.497 e. The molecule has 0 unspecified atom stereocenters. The highest BCUT2D eigenvalue weighted by Gasteiger charge is 2.29. The van der Waals surface area contributed by atoms with Crippen LogP contribution in [0.2, 0.25) is 0 Å². The van der Waals surface area contributed by atoms with Crippen LogP contribution in [0.3, 0.4) is 0 Å². The van der Waals surface area contributed by atoms with Gasteiger partial charge in [0.2, 0.25) is 0 Å². The third-order valence-electron chi connectivity index (χ3n) is 3.28. The summed E-state index contributed by atoms with van der Waals surface area (Å²) in [6, 6.07) is 4.98. The first-order valence-corrected chi connectivity index (χ1v) is 7.55. The van der Waals surface area contributed by atoms with Gasteiger partial charge in [-0.25, -0.2) is 0 Å². The highest BCUT2D eigenvalue weighted by atomic mass is 32.2. The Bertz CT molecular complexity index is 885. The number of hydrogen-bond donors (Lipinski definition) is 0. The number of hydrogen-bond acceptors (Lipinski definition) is 6. The second kappa shape index (κ2) is 5.58. The van der Waals surface area contributed by atoms with E-state index in [1.165, 1.54) is 29.0 Å². The lowest BCUT2D eigenvalue weighted by Gasteiger charge is -2.04. The van der Waals surface area contributed by atoms with Crippen molar-refractivity contribution < 1.29 is 13.9 Å². The van der Waals surface area contributed by atoms with Crippen LogP contribution in [-0.2, 0) is 4.79 Å². The van der Waals surface area contributed by atoms with E-state index in [0.29, 0.717) is 31.5 Å². The van der Waals surface area contributed by atoms with Crippen molar-refractivity contribution in [2.45, 2.75) is 0 Å². The van der Waals surface area contributed by atoms with Crippen molar-refractivity contribution in [1.82, 2.24) is 4.90 Å². The van der Waals surface area contributed by atoms with Gasteiger partial charge in [0.25, 0.3) is 5.91 Å². The number of nitrogens with zero attached hydrogens (tertiary/aromatic N) is 1. The first kappa shape index (κ1) is 14.8. The molecule has 0 spiro atoms. The smallest absolute Gasteiger partial charge is 0.265 e. The lowest BCUT2D eigenvalue weighted by atomic mass is 10.1. The predicted molar refractivity (Wildman–Crippen MR) is 90.0 cm³/mol. The van der Waals surface area contributed by atoms with E-state index in [2.05, 4.69) is 0 Å². The van der Waals surface area contributed by atoms with Gasteiger partial charge >= 0.3 is 0 Å². The molecule has 1 aliphatic heterocycles. The molecule has 1 aliphatic rings. The van der Waals surface area contributed by atoms with Crippen LogP contribution in [0, 0.1) is 0 Å². The fourth-order valence-corrected chi connectivity index (χ4v) is 3.21. The molecule has 22 heavy (non-hydrogen) atoms. The van der Waals surface area contributed by atoms with Crippen LogP contribution in [0.25, 0.3) is 17.0 Å². The molecule has 0 N–H and O–H groups in total. The molecule has 2 heterocycles. The maximum Gasteiger partial charge on any atom is 0.265 e. The standard InChI is InChI=1S/C15H11NO4S2/c1-16-14(18)12(22-15(16)21)5-8-7-20-11-6-9(19-2)3-4-10(11)13(8)17/h3-7H,1-2H3. The number of amides is 1. The molecule has 0 bridgehead atoms. The van der Waals surface area contributed by atoms with Gasteiger partial charge in [-0.1, -0.05) is 24.0 Å². The Morgan fingerprint density at radius 1 is 1.36 bits per heavy atom. The molecule has 112 valence electrons. The summed E-state index contributed by atoms with van der Waals surface area (Å²) < 4.78 is 11.0. The van der Waals surface area contributed by atoms with Crippen LogP contribution < -0.4 is 10.2 Å². The lowest BCUT2D eigenvalue weighted by Crippen LogP contribution is -2.22. The van der Waals surface area contributed by atoms with Gasteiger partial charge in [-0.2, -0.15) is 0 Å². The van der Waals surface area contributed by atoms with E-state index in [4.69, 9.17) is 21.4 Å². The molecule has 1 aromatic heterocycles. The van der Waals surface area contributed by atoms with Gasteiger partial charge in [-0.3, -0.25) is 14.5 Å². The molecular formula is C15H11NO4S2. The number of likely N-dealkylation sites (N-methyl/N-ethyl adjacent to an activating group) is 1. The van der Waals surface area contributed by atoms with Crippen molar-refractivity contribution >= 4 is 51.3 Å². The fourth-order valence-electron chi connectivity index (χ4n) is 2.04. The summed E-state index contributed by atoms with van der Waals surface area (Å²) in [6.45, 7) is 0. The van der Waals surface area contributed by atoms with Crippen LogP contribution >= 0.6 is 24.0 Å². The SMILES string of the molecule is COc1ccc2c(=O)c(C=C3SC(=S)N(C)C3=O)coc2c1. The lowest BCUT2D eigenvalue weighted by molar-refractivity contribution is -0.121. The van der Waals surface area contributed by atoms with Crippen molar-refractivity contribution in [2.75, 3.05) is 14.2 Å². The van der Waals surface area contributed by atoms with E-state index in [1.807, 2.05) is 0 Å². The molecule has 2 aromatic rings. The van der Waals surface area contributed by atoms with Gasteiger partial charge in [0, 0.05) is 13.1 Å². The first-order chi connectivity index (χ1) is 10.5. The second-order valence-corrected chi connectivity index (χ2v) is 6.30. The number of methoxy groups -OCH3 is 1. The Kier molecular flexibility index (Phi) is 3.76. The predicted octanol–water partition coefficient (Wildman–Crippen LogP) is 2.63. The zero-order valence-electron chi connectivity index (χ0n) is 11.8. The summed E-state index contributed by atoms with van der Waals surface area (Å²) in [5, 5.41) is 0.432. The Hall–Kier alpha value is -2.12. The normalized spacial score (nSPS) is 16.8. The van der Waals surface area contributed by atoms with Crippen LogP contribution in [0.15, 0.2) is 38.6 Å². The maximum atomic E-state index is 12.5.